The molecule has 3 rings (SSSR count). The summed E-state index contributed by atoms with van der Waals surface area (Å²) in [5.74, 6) is 0. The Morgan fingerprint density at radius 3 is 2.31 bits per heavy atom. The van der Waals surface area contributed by atoms with E-state index < -0.39 is 5.56 Å². The lowest BCUT2D eigenvalue weighted by Crippen LogP contribution is -2.41. The van der Waals surface area contributed by atoms with Crippen LogP contribution in [0.1, 0.15) is 32.8 Å². The van der Waals surface area contributed by atoms with Crippen molar-refractivity contribution in [1.29, 1.82) is 0 Å². The van der Waals surface area contributed by atoms with Gasteiger partial charge in [-0.2, -0.15) is 0 Å². The van der Waals surface area contributed by atoms with Crippen LogP contribution in [0.15, 0.2) is 46.2 Å². The molecule has 0 atom stereocenters. The van der Waals surface area contributed by atoms with Gasteiger partial charge >= 0.3 is 5.69 Å². The minimum Gasteiger partial charge on any atom is -0.276 e. The maximum Gasteiger partial charge on any atom is 0.333 e. The fourth-order valence-electron chi connectivity index (χ4n) is 2.69. The van der Waals surface area contributed by atoms with Gasteiger partial charge in [-0.1, -0.05) is 44.5 Å². The molecule has 0 aliphatic carbocycles. The second-order valence-corrected chi connectivity index (χ2v) is 7.93. The van der Waals surface area contributed by atoms with Crippen molar-refractivity contribution in [2.24, 2.45) is 5.41 Å². The molecule has 0 bridgehead atoms. The van der Waals surface area contributed by atoms with Crippen LogP contribution in [0.3, 0.4) is 0 Å². The van der Waals surface area contributed by atoms with Crippen LogP contribution in [-0.4, -0.2) is 19.1 Å². The fraction of sp³-hybridized carbons (Fsp3) is 0.368. The molecule has 0 aliphatic heterocycles. The van der Waals surface area contributed by atoms with E-state index in [4.69, 9.17) is 11.6 Å². The highest BCUT2D eigenvalue weighted by Gasteiger charge is 2.17. The van der Waals surface area contributed by atoms with Crippen molar-refractivity contribution in [2.75, 3.05) is 0 Å². The smallest absolute Gasteiger partial charge is 0.276 e. The van der Waals surface area contributed by atoms with Crippen LogP contribution < -0.4 is 11.2 Å². The van der Waals surface area contributed by atoms with Crippen molar-refractivity contribution >= 4 is 22.8 Å². The molecule has 0 aliphatic rings. The predicted octanol–water partition coefficient (Wildman–Crippen LogP) is 3.09. The third kappa shape index (κ3) is 3.85. The minimum atomic E-state index is -0.431. The van der Waals surface area contributed by atoms with Gasteiger partial charge in [-0.3, -0.25) is 13.9 Å². The van der Waals surface area contributed by atoms with Gasteiger partial charge in [0.05, 0.1) is 6.54 Å². The molecule has 2 heterocycles. The zero-order valence-electron chi connectivity index (χ0n) is 15.1. The Kier molecular flexibility index (Phi) is 4.96. The van der Waals surface area contributed by atoms with Crippen molar-refractivity contribution in [1.82, 2.24) is 19.1 Å². The zero-order chi connectivity index (χ0) is 18.9. The Morgan fingerprint density at radius 2 is 1.65 bits per heavy atom. The molecule has 0 amide bonds. The van der Waals surface area contributed by atoms with Crippen LogP contribution in [-0.2, 0) is 13.1 Å². The first-order valence-corrected chi connectivity index (χ1v) is 8.83. The van der Waals surface area contributed by atoms with Gasteiger partial charge in [-0.05, 0) is 29.5 Å². The molecule has 7 heteroatoms. The van der Waals surface area contributed by atoms with E-state index >= 15 is 0 Å². The van der Waals surface area contributed by atoms with Crippen LogP contribution >= 0.6 is 11.6 Å². The average Bonchev–Trinajstić information content (AvgIpc) is 2.59. The lowest BCUT2D eigenvalue weighted by molar-refractivity contribution is 0.346. The highest BCUT2D eigenvalue weighted by Crippen LogP contribution is 2.19. The number of fused-ring (bicyclic) bond motifs is 1. The van der Waals surface area contributed by atoms with E-state index in [2.05, 4.69) is 30.7 Å². The highest BCUT2D eigenvalue weighted by atomic mass is 35.5. The summed E-state index contributed by atoms with van der Waals surface area (Å²) in [6.45, 7) is 6.95. The molecular formula is C19H21ClN4O2. The van der Waals surface area contributed by atoms with E-state index in [9.17, 15) is 9.59 Å². The molecule has 2 aromatic heterocycles. The van der Waals surface area contributed by atoms with Crippen molar-refractivity contribution in [3.63, 3.8) is 0 Å². The van der Waals surface area contributed by atoms with Crippen molar-refractivity contribution in [3.05, 3.63) is 68.1 Å². The van der Waals surface area contributed by atoms with Crippen molar-refractivity contribution in [3.8, 4) is 0 Å². The maximum atomic E-state index is 13.0. The monoisotopic (exact) mass is 372 g/mol. The first kappa shape index (κ1) is 18.3. The lowest BCUT2D eigenvalue weighted by Gasteiger charge is -2.20. The summed E-state index contributed by atoms with van der Waals surface area (Å²) in [5, 5.41) is 0.605. The summed E-state index contributed by atoms with van der Waals surface area (Å²) in [6, 6.07) is 7.07. The molecule has 3 aromatic rings. The van der Waals surface area contributed by atoms with E-state index in [0.29, 0.717) is 17.2 Å². The van der Waals surface area contributed by atoms with Crippen LogP contribution in [0.5, 0.6) is 0 Å². The predicted molar refractivity (Wildman–Crippen MR) is 103 cm³/mol. The van der Waals surface area contributed by atoms with Gasteiger partial charge in [0.1, 0.15) is 0 Å². The molecule has 1 aromatic carbocycles. The Balaban J connectivity index is 2.15. The quantitative estimate of drug-likeness (QED) is 0.705. The topological polar surface area (TPSA) is 69.8 Å². The van der Waals surface area contributed by atoms with Crippen LogP contribution in [0, 0.1) is 5.41 Å². The molecule has 0 saturated heterocycles. The summed E-state index contributed by atoms with van der Waals surface area (Å²) in [7, 11) is 0. The van der Waals surface area contributed by atoms with Gasteiger partial charge in [0, 0.05) is 24.0 Å². The lowest BCUT2D eigenvalue weighted by atomic mass is 9.92. The number of benzene rings is 1. The van der Waals surface area contributed by atoms with E-state index in [1.807, 2.05) is 0 Å². The number of nitrogens with zero attached hydrogens (tertiary/aromatic N) is 4. The number of hydrogen-bond donors (Lipinski definition) is 0. The summed E-state index contributed by atoms with van der Waals surface area (Å²) >= 11 is 5.91. The molecule has 0 radical (unpaired) electrons. The number of aromatic nitrogens is 4. The second kappa shape index (κ2) is 7.03. The van der Waals surface area contributed by atoms with Crippen molar-refractivity contribution in [2.45, 2.75) is 40.3 Å². The minimum absolute atomic E-state index is 0.0467. The third-order valence-corrected chi connectivity index (χ3v) is 4.44. The first-order chi connectivity index (χ1) is 12.3. The third-order valence-electron chi connectivity index (χ3n) is 4.18. The van der Waals surface area contributed by atoms with Gasteiger partial charge in [0.25, 0.3) is 5.56 Å². The molecular weight excluding hydrogens is 352 g/mol. The Morgan fingerprint density at radius 1 is 1.00 bits per heavy atom. The van der Waals surface area contributed by atoms with E-state index in [1.54, 1.807) is 28.8 Å². The van der Waals surface area contributed by atoms with Crippen LogP contribution in [0.25, 0.3) is 11.2 Å². The molecule has 6 nitrogen and oxygen atoms in total. The second-order valence-electron chi connectivity index (χ2n) is 7.49. The molecule has 0 spiro atoms. The SMILES string of the molecule is CC(C)(C)CCn1c(=O)n(Cc2ccc(Cl)cc2)c(=O)c2nccnc21. The molecule has 0 fully saturated rings. The summed E-state index contributed by atoms with van der Waals surface area (Å²) in [6.07, 6.45) is 3.74. The zero-order valence-corrected chi connectivity index (χ0v) is 15.8. The molecule has 0 N–H and O–H groups in total. The Hall–Kier alpha value is -2.47. The summed E-state index contributed by atoms with van der Waals surface area (Å²) in [5.41, 5.74) is 0.598. The molecule has 136 valence electrons. The first-order valence-electron chi connectivity index (χ1n) is 8.45. The van der Waals surface area contributed by atoms with Gasteiger partial charge in [-0.25, -0.2) is 14.8 Å². The maximum absolute atomic E-state index is 13.0. The number of aryl methyl sites for hydroxylation is 1. The van der Waals surface area contributed by atoms with Gasteiger partial charge < -0.3 is 0 Å². The number of rotatable bonds is 4. The van der Waals surface area contributed by atoms with Crippen LogP contribution in [0.2, 0.25) is 5.02 Å². The fourth-order valence-corrected chi connectivity index (χ4v) is 2.82. The van der Waals surface area contributed by atoms with Gasteiger partial charge in [0.2, 0.25) is 0 Å². The van der Waals surface area contributed by atoms with E-state index in [0.717, 1.165) is 12.0 Å². The highest BCUT2D eigenvalue weighted by molar-refractivity contribution is 6.30. The number of hydrogen-bond acceptors (Lipinski definition) is 4. The molecule has 0 saturated carbocycles. The van der Waals surface area contributed by atoms with Gasteiger partial charge in [-0.15, -0.1) is 0 Å². The molecule has 26 heavy (non-hydrogen) atoms. The normalized spacial score (nSPS) is 11.8. The van der Waals surface area contributed by atoms with E-state index in [1.165, 1.54) is 17.0 Å². The van der Waals surface area contributed by atoms with Crippen molar-refractivity contribution < 1.29 is 0 Å². The van der Waals surface area contributed by atoms with Gasteiger partial charge in [0.15, 0.2) is 11.2 Å². The van der Waals surface area contributed by atoms with E-state index in [-0.39, 0.29) is 23.2 Å². The Bertz CT molecular complexity index is 1050. The summed E-state index contributed by atoms with van der Waals surface area (Å²) in [4.78, 5) is 34.2. The largest absolute Gasteiger partial charge is 0.333 e. The van der Waals surface area contributed by atoms with Crippen LogP contribution in [0.4, 0.5) is 0 Å². The number of halogens is 1. The summed E-state index contributed by atoms with van der Waals surface area (Å²) < 4.78 is 2.76. The Labute approximate surface area is 156 Å². The molecule has 0 unspecified atom stereocenters. The average molecular weight is 373 g/mol. The standard InChI is InChI=1S/C19H21ClN4O2/c1-19(2,3)8-11-23-16-15(21-9-10-22-16)17(25)24(18(23)26)12-13-4-6-14(20)7-5-13/h4-7,9-10H,8,11-12H2,1-3H3.